The molecule has 0 fully saturated rings. The number of aromatic hydroxyl groups is 1. The number of thiazole rings is 1. The molecule has 0 bridgehead atoms. The van der Waals surface area contributed by atoms with Gasteiger partial charge in [-0.2, -0.15) is 0 Å². The summed E-state index contributed by atoms with van der Waals surface area (Å²) in [7, 11) is 3.04. The van der Waals surface area contributed by atoms with E-state index >= 15 is 0 Å². The molecular weight excluding hydrogens is 536 g/mol. The third-order valence-corrected chi connectivity index (χ3v) is 7.21. The van der Waals surface area contributed by atoms with Crippen LogP contribution in [-0.2, 0) is 9.53 Å². The lowest BCUT2D eigenvalue weighted by molar-refractivity contribution is -0.139. The maximum atomic E-state index is 13.7. The molecule has 1 N–H and O–H groups in total. The van der Waals surface area contributed by atoms with Crippen molar-refractivity contribution in [3.63, 3.8) is 0 Å². The molecule has 2 heterocycles. The smallest absolute Gasteiger partial charge is 0.338 e. The van der Waals surface area contributed by atoms with Crippen molar-refractivity contribution in [1.82, 2.24) is 4.57 Å². The van der Waals surface area contributed by atoms with Gasteiger partial charge in [-0.15, -0.1) is 0 Å². The van der Waals surface area contributed by atoms with Crippen molar-refractivity contribution in [2.75, 3.05) is 20.8 Å². The van der Waals surface area contributed by atoms with Crippen molar-refractivity contribution in [1.29, 1.82) is 0 Å². The number of para-hydroxylation sites is 1. The molecule has 1 aliphatic rings. The topological polar surface area (TPSA) is 99.4 Å². The van der Waals surface area contributed by atoms with E-state index in [1.54, 1.807) is 56.3 Å². The Morgan fingerprint density at radius 3 is 2.57 bits per heavy atom. The highest BCUT2D eigenvalue weighted by molar-refractivity contribution is 9.10. The summed E-state index contributed by atoms with van der Waals surface area (Å²) in [6, 6.07) is 9.37. The molecule has 0 unspecified atom stereocenters. The van der Waals surface area contributed by atoms with Crippen LogP contribution in [0.2, 0.25) is 0 Å². The van der Waals surface area contributed by atoms with E-state index in [0.29, 0.717) is 42.1 Å². The van der Waals surface area contributed by atoms with Gasteiger partial charge in [0, 0.05) is 10.0 Å². The Morgan fingerprint density at radius 1 is 1.23 bits per heavy atom. The second-order valence-corrected chi connectivity index (χ2v) is 9.45. The first-order valence-corrected chi connectivity index (χ1v) is 12.3. The van der Waals surface area contributed by atoms with Crippen LogP contribution >= 0.6 is 27.3 Å². The van der Waals surface area contributed by atoms with E-state index in [1.165, 1.54) is 30.1 Å². The quantitative estimate of drug-likeness (QED) is 0.466. The molecule has 2 aromatic carbocycles. The molecule has 1 atom stereocenters. The number of allylic oxidation sites excluding steroid dienone is 1. The molecule has 1 aliphatic heterocycles. The van der Waals surface area contributed by atoms with Crippen LogP contribution in [0.25, 0.3) is 6.08 Å². The van der Waals surface area contributed by atoms with E-state index in [0.717, 1.165) is 0 Å². The van der Waals surface area contributed by atoms with Crippen LogP contribution < -0.4 is 24.4 Å². The summed E-state index contributed by atoms with van der Waals surface area (Å²) in [5.41, 5.74) is 1.46. The zero-order chi connectivity index (χ0) is 25.3. The Kier molecular flexibility index (Phi) is 7.13. The molecule has 182 valence electrons. The number of phenolic OH excluding ortho intramolecular Hbond substituents is 1. The minimum absolute atomic E-state index is 0.0564. The molecule has 1 aromatic heterocycles. The van der Waals surface area contributed by atoms with E-state index in [9.17, 15) is 14.7 Å². The van der Waals surface area contributed by atoms with Crippen LogP contribution in [-0.4, -0.2) is 36.5 Å². The molecule has 0 spiro atoms. The fourth-order valence-corrected chi connectivity index (χ4v) is 5.49. The van der Waals surface area contributed by atoms with Gasteiger partial charge in [-0.3, -0.25) is 9.36 Å². The van der Waals surface area contributed by atoms with Gasteiger partial charge in [-0.25, -0.2) is 9.79 Å². The molecule has 0 saturated heterocycles. The summed E-state index contributed by atoms with van der Waals surface area (Å²) in [5.74, 6) is 0.435. The number of fused-ring (bicyclic) bond motifs is 1. The molecule has 4 rings (SSSR count). The van der Waals surface area contributed by atoms with E-state index in [4.69, 9.17) is 14.2 Å². The summed E-state index contributed by atoms with van der Waals surface area (Å²) < 4.78 is 18.7. The zero-order valence-corrected chi connectivity index (χ0v) is 21.9. The molecule has 0 amide bonds. The highest BCUT2D eigenvalue weighted by Gasteiger charge is 2.35. The summed E-state index contributed by atoms with van der Waals surface area (Å²) >= 11 is 4.75. The molecule has 35 heavy (non-hydrogen) atoms. The molecular formula is C25H23BrN2O6S. The van der Waals surface area contributed by atoms with Crippen molar-refractivity contribution in [2.24, 2.45) is 4.99 Å². The number of halogens is 1. The summed E-state index contributed by atoms with van der Waals surface area (Å²) in [6.07, 6.45) is 1.61. The van der Waals surface area contributed by atoms with Gasteiger partial charge in [0.15, 0.2) is 16.3 Å². The number of esters is 1. The lowest BCUT2D eigenvalue weighted by Crippen LogP contribution is -2.40. The number of nitrogens with zero attached hydrogens (tertiary/aromatic N) is 2. The van der Waals surface area contributed by atoms with Gasteiger partial charge in [0.1, 0.15) is 5.75 Å². The van der Waals surface area contributed by atoms with Gasteiger partial charge in [0.05, 0.1) is 42.7 Å². The second kappa shape index (κ2) is 10.1. The fraction of sp³-hybridized carbons (Fsp3) is 0.240. The summed E-state index contributed by atoms with van der Waals surface area (Å²) in [4.78, 5) is 31.8. The van der Waals surface area contributed by atoms with Gasteiger partial charge in [0.2, 0.25) is 0 Å². The molecule has 8 nitrogen and oxygen atoms in total. The molecule has 0 aliphatic carbocycles. The number of phenols is 1. The Bertz CT molecular complexity index is 1520. The second-order valence-electron chi connectivity index (χ2n) is 7.59. The van der Waals surface area contributed by atoms with Crippen LogP contribution in [0.1, 0.15) is 31.0 Å². The minimum atomic E-state index is -0.828. The lowest BCUT2D eigenvalue weighted by atomic mass is 9.95. The largest absolute Gasteiger partial charge is 0.507 e. The Morgan fingerprint density at radius 2 is 1.91 bits per heavy atom. The van der Waals surface area contributed by atoms with Gasteiger partial charge >= 0.3 is 5.97 Å². The van der Waals surface area contributed by atoms with Crippen molar-refractivity contribution in [2.45, 2.75) is 19.9 Å². The standard InChI is InChI=1S/C25H23BrN2O6S/c1-5-34-24(31)21-13(2)27-25-28(22(21)15-11-18(32-3)19(33-4)12-16(15)26)23(30)20(35-25)10-14-8-6-7-9-17(14)29/h6-12,22,29H,5H2,1-4H3/t22-/m1/s1. The van der Waals surface area contributed by atoms with E-state index < -0.39 is 12.0 Å². The summed E-state index contributed by atoms with van der Waals surface area (Å²) in [5, 5.41) is 10.2. The van der Waals surface area contributed by atoms with Gasteiger partial charge in [0.25, 0.3) is 5.56 Å². The number of ether oxygens (including phenoxy) is 3. The first-order chi connectivity index (χ1) is 16.8. The van der Waals surface area contributed by atoms with Gasteiger partial charge in [-0.05, 0) is 43.7 Å². The lowest BCUT2D eigenvalue weighted by Gasteiger charge is -2.26. The van der Waals surface area contributed by atoms with Crippen LogP contribution in [0.4, 0.5) is 0 Å². The number of rotatable bonds is 6. The van der Waals surface area contributed by atoms with Crippen LogP contribution in [0.5, 0.6) is 17.2 Å². The van der Waals surface area contributed by atoms with Crippen molar-refractivity contribution in [3.8, 4) is 17.2 Å². The molecule has 0 saturated carbocycles. The SMILES string of the molecule is CCOC(=O)C1=C(C)N=c2sc(=Cc3ccccc3O)c(=O)n2[C@@H]1c1cc(OC)c(OC)cc1Br. The number of hydrogen-bond acceptors (Lipinski definition) is 8. The van der Waals surface area contributed by atoms with Crippen molar-refractivity contribution < 1.29 is 24.1 Å². The number of benzene rings is 2. The third kappa shape index (κ3) is 4.51. The zero-order valence-electron chi connectivity index (χ0n) is 19.5. The monoisotopic (exact) mass is 558 g/mol. The highest BCUT2D eigenvalue weighted by atomic mass is 79.9. The normalized spacial score (nSPS) is 15.5. The predicted octanol–water partition coefficient (Wildman–Crippen LogP) is 3.28. The average Bonchev–Trinajstić information content (AvgIpc) is 3.14. The molecule has 0 radical (unpaired) electrons. The maximum Gasteiger partial charge on any atom is 0.338 e. The Balaban J connectivity index is 2.03. The Labute approximate surface area is 213 Å². The molecule has 10 heteroatoms. The molecule has 3 aromatic rings. The number of hydrogen-bond donors (Lipinski definition) is 1. The Hall–Kier alpha value is -3.37. The van der Waals surface area contributed by atoms with Gasteiger partial charge in [-0.1, -0.05) is 45.5 Å². The van der Waals surface area contributed by atoms with Crippen molar-refractivity contribution >= 4 is 39.3 Å². The minimum Gasteiger partial charge on any atom is -0.507 e. The number of methoxy groups -OCH3 is 2. The number of aromatic nitrogens is 1. The van der Waals surface area contributed by atoms with Crippen LogP contribution in [0.3, 0.4) is 0 Å². The number of carbonyl (C=O) groups excluding carboxylic acids is 1. The van der Waals surface area contributed by atoms with E-state index in [2.05, 4.69) is 20.9 Å². The first kappa shape index (κ1) is 24.7. The third-order valence-electron chi connectivity index (χ3n) is 5.54. The van der Waals surface area contributed by atoms with E-state index in [1.807, 2.05) is 0 Å². The van der Waals surface area contributed by atoms with Crippen molar-refractivity contribution in [3.05, 3.63) is 83.0 Å². The van der Waals surface area contributed by atoms with E-state index in [-0.39, 0.29) is 23.5 Å². The van der Waals surface area contributed by atoms with Crippen LogP contribution in [0.15, 0.2) is 61.9 Å². The fourth-order valence-electron chi connectivity index (χ4n) is 3.92. The summed E-state index contributed by atoms with van der Waals surface area (Å²) in [6.45, 7) is 3.61. The predicted molar refractivity (Wildman–Crippen MR) is 136 cm³/mol. The number of carbonyl (C=O) groups is 1. The van der Waals surface area contributed by atoms with Crippen LogP contribution in [0, 0.1) is 0 Å². The highest BCUT2D eigenvalue weighted by Crippen LogP contribution is 2.40. The average molecular weight is 559 g/mol. The maximum absolute atomic E-state index is 13.7. The first-order valence-electron chi connectivity index (χ1n) is 10.7. The van der Waals surface area contributed by atoms with Gasteiger partial charge < -0.3 is 19.3 Å².